The van der Waals surface area contributed by atoms with Gasteiger partial charge < -0.3 is 25.0 Å². The highest BCUT2D eigenvalue weighted by atomic mass is 16.6. The Bertz CT molecular complexity index is 657. The van der Waals surface area contributed by atoms with Gasteiger partial charge in [-0.1, -0.05) is 12.1 Å². The summed E-state index contributed by atoms with van der Waals surface area (Å²) in [5, 5.41) is 6.10. The third-order valence-corrected chi connectivity index (χ3v) is 4.39. The number of methoxy groups -OCH3 is 1. The third-order valence-electron chi connectivity index (χ3n) is 4.39. The van der Waals surface area contributed by atoms with Crippen molar-refractivity contribution in [3.63, 3.8) is 0 Å². The number of nitrogens with one attached hydrogen (secondary N) is 2. The standard InChI is InChI=1S/C19H27N3O5/c1-3-27-19(25)22-12-9-14(10-13-22)21-17(23)8-11-20-16-7-5-4-6-15(16)18(24)26-2/h4-7,14,20H,3,8-13H2,1-2H3,(H,21,23). The molecule has 2 rings (SSSR count). The number of nitrogens with zero attached hydrogens (tertiary/aromatic N) is 1. The van der Waals surface area contributed by atoms with Gasteiger partial charge in [0, 0.05) is 37.8 Å². The number of likely N-dealkylation sites (tertiary alicyclic amines) is 1. The Hall–Kier alpha value is -2.77. The fourth-order valence-corrected chi connectivity index (χ4v) is 2.96. The van der Waals surface area contributed by atoms with E-state index >= 15 is 0 Å². The number of carbonyl (C=O) groups is 3. The van der Waals surface area contributed by atoms with E-state index < -0.39 is 5.97 Å². The molecule has 0 bridgehead atoms. The molecule has 0 unspecified atom stereocenters. The Morgan fingerprint density at radius 3 is 2.56 bits per heavy atom. The number of carbonyl (C=O) groups excluding carboxylic acids is 3. The summed E-state index contributed by atoms with van der Waals surface area (Å²) in [6.45, 7) is 3.70. The van der Waals surface area contributed by atoms with Crippen molar-refractivity contribution in [3.8, 4) is 0 Å². The molecular formula is C19H27N3O5. The first-order valence-electron chi connectivity index (χ1n) is 9.17. The first kappa shape index (κ1) is 20.5. The lowest BCUT2D eigenvalue weighted by atomic mass is 10.1. The zero-order chi connectivity index (χ0) is 19.6. The van der Waals surface area contributed by atoms with E-state index in [1.54, 1.807) is 30.0 Å². The number of hydrogen-bond acceptors (Lipinski definition) is 6. The number of piperidine rings is 1. The van der Waals surface area contributed by atoms with E-state index in [2.05, 4.69) is 10.6 Å². The van der Waals surface area contributed by atoms with Crippen LogP contribution in [0.5, 0.6) is 0 Å². The van der Waals surface area contributed by atoms with E-state index in [1.807, 2.05) is 6.07 Å². The van der Waals surface area contributed by atoms with Crippen molar-refractivity contribution in [2.24, 2.45) is 0 Å². The molecule has 8 heteroatoms. The average Bonchev–Trinajstić information content (AvgIpc) is 2.68. The van der Waals surface area contributed by atoms with Crippen molar-refractivity contribution in [1.29, 1.82) is 0 Å². The summed E-state index contributed by atoms with van der Waals surface area (Å²) >= 11 is 0. The number of esters is 1. The molecule has 0 aliphatic carbocycles. The Kier molecular flexibility index (Phi) is 7.91. The van der Waals surface area contributed by atoms with E-state index in [9.17, 15) is 14.4 Å². The van der Waals surface area contributed by atoms with Gasteiger partial charge in [-0.2, -0.15) is 0 Å². The minimum absolute atomic E-state index is 0.0607. The molecule has 1 heterocycles. The number of amides is 2. The summed E-state index contributed by atoms with van der Waals surface area (Å²) in [5.74, 6) is -0.483. The molecule has 2 N–H and O–H groups in total. The van der Waals surface area contributed by atoms with Crippen molar-refractivity contribution in [1.82, 2.24) is 10.2 Å². The van der Waals surface area contributed by atoms with Crippen LogP contribution in [0.25, 0.3) is 0 Å². The van der Waals surface area contributed by atoms with Gasteiger partial charge >= 0.3 is 12.1 Å². The highest BCUT2D eigenvalue weighted by molar-refractivity contribution is 5.95. The fraction of sp³-hybridized carbons (Fsp3) is 0.526. The number of rotatable bonds is 7. The molecule has 0 radical (unpaired) electrons. The molecule has 8 nitrogen and oxygen atoms in total. The normalized spacial score (nSPS) is 14.4. The number of anilines is 1. The molecule has 1 aromatic carbocycles. The van der Waals surface area contributed by atoms with Crippen LogP contribution in [0.4, 0.5) is 10.5 Å². The molecule has 1 fully saturated rings. The van der Waals surface area contributed by atoms with Crippen LogP contribution < -0.4 is 10.6 Å². The second-order valence-electron chi connectivity index (χ2n) is 6.24. The van der Waals surface area contributed by atoms with Crippen LogP contribution in [0, 0.1) is 0 Å². The number of ether oxygens (including phenoxy) is 2. The summed E-state index contributed by atoms with van der Waals surface area (Å²) in [4.78, 5) is 37.2. The van der Waals surface area contributed by atoms with Gasteiger partial charge in [-0.25, -0.2) is 9.59 Å². The summed E-state index contributed by atoms with van der Waals surface area (Å²) in [5.41, 5.74) is 1.08. The third kappa shape index (κ3) is 6.16. The summed E-state index contributed by atoms with van der Waals surface area (Å²) in [6.07, 6.45) is 1.41. The minimum Gasteiger partial charge on any atom is -0.465 e. The Morgan fingerprint density at radius 2 is 1.89 bits per heavy atom. The maximum Gasteiger partial charge on any atom is 0.409 e. The molecule has 0 saturated carbocycles. The molecule has 27 heavy (non-hydrogen) atoms. The first-order chi connectivity index (χ1) is 13.0. The van der Waals surface area contributed by atoms with Crippen molar-refractivity contribution in [2.45, 2.75) is 32.2 Å². The molecule has 0 aromatic heterocycles. The highest BCUT2D eigenvalue weighted by Gasteiger charge is 2.24. The largest absolute Gasteiger partial charge is 0.465 e. The van der Waals surface area contributed by atoms with Gasteiger partial charge in [-0.15, -0.1) is 0 Å². The van der Waals surface area contributed by atoms with E-state index in [0.717, 1.165) is 0 Å². The first-order valence-corrected chi connectivity index (χ1v) is 9.17. The van der Waals surface area contributed by atoms with Crippen LogP contribution in [0.1, 0.15) is 36.5 Å². The van der Waals surface area contributed by atoms with Crippen LogP contribution in [-0.2, 0) is 14.3 Å². The van der Waals surface area contributed by atoms with Gasteiger partial charge in [0.15, 0.2) is 0 Å². The van der Waals surface area contributed by atoms with Gasteiger partial charge in [0.1, 0.15) is 0 Å². The zero-order valence-electron chi connectivity index (χ0n) is 15.8. The molecule has 1 aliphatic rings. The highest BCUT2D eigenvalue weighted by Crippen LogP contribution is 2.16. The topological polar surface area (TPSA) is 97.0 Å². The maximum absolute atomic E-state index is 12.1. The van der Waals surface area contributed by atoms with Gasteiger partial charge in [0.2, 0.25) is 5.91 Å². The van der Waals surface area contributed by atoms with Crippen molar-refractivity contribution in [3.05, 3.63) is 29.8 Å². The Balaban J connectivity index is 1.72. The van der Waals surface area contributed by atoms with Crippen LogP contribution in [-0.4, -0.2) is 62.3 Å². The molecule has 148 valence electrons. The van der Waals surface area contributed by atoms with Crippen molar-refractivity contribution >= 4 is 23.7 Å². The van der Waals surface area contributed by atoms with Crippen LogP contribution >= 0.6 is 0 Å². The number of benzene rings is 1. The van der Waals surface area contributed by atoms with Crippen molar-refractivity contribution < 1.29 is 23.9 Å². The predicted octanol–water partition coefficient (Wildman–Crippen LogP) is 2.01. The molecule has 2 amide bonds. The Labute approximate surface area is 159 Å². The summed E-state index contributed by atoms with van der Waals surface area (Å²) < 4.78 is 9.74. The van der Waals surface area contributed by atoms with Gasteiger partial charge in [0.05, 0.1) is 19.3 Å². The fourth-order valence-electron chi connectivity index (χ4n) is 2.96. The lowest BCUT2D eigenvalue weighted by Crippen LogP contribution is -2.46. The van der Waals surface area contributed by atoms with Crippen LogP contribution in [0.3, 0.4) is 0 Å². The molecule has 1 aromatic rings. The lowest BCUT2D eigenvalue weighted by molar-refractivity contribution is -0.121. The molecule has 0 atom stereocenters. The second kappa shape index (κ2) is 10.4. The van der Waals surface area contributed by atoms with E-state index in [4.69, 9.17) is 9.47 Å². The van der Waals surface area contributed by atoms with Crippen LogP contribution in [0.2, 0.25) is 0 Å². The SMILES string of the molecule is CCOC(=O)N1CCC(NC(=O)CCNc2ccccc2C(=O)OC)CC1. The monoisotopic (exact) mass is 377 g/mol. The van der Waals surface area contributed by atoms with Crippen LogP contribution in [0.15, 0.2) is 24.3 Å². The van der Waals surface area contributed by atoms with Crippen molar-refractivity contribution in [2.75, 3.05) is 38.7 Å². The van der Waals surface area contributed by atoms with E-state index in [1.165, 1.54) is 7.11 Å². The number of para-hydroxylation sites is 1. The zero-order valence-corrected chi connectivity index (χ0v) is 15.8. The lowest BCUT2D eigenvalue weighted by Gasteiger charge is -2.31. The van der Waals surface area contributed by atoms with E-state index in [0.29, 0.717) is 50.3 Å². The predicted molar refractivity (Wildman–Crippen MR) is 101 cm³/mol. The molecule has 1 aliphatic heterocycles. The van der Waals surface area contributed by atoms with E-state index in [-0.39, 0.29) is 24.5 Å². The van der Waals surface area contributed by atoms with Gasteiger partial charge in [0.25, 0.3) is 0 Å². The minimum atomic E-state index is -0.420. The van der Waals surface area contributed by atoms with Gasteiger partial charge in [-0.05, 0) is 31.9 Å². The molecular weight excluding hydrogens is 350 g/mol. The quantitative estimate of drug-likeness (QED) is 0.706. The summed E-state index contributed by atoms with van der Waals surface area (Å²) in [7, 11) is 1.33. The van der Waals surface area contributed by atoms with Gasteiger partial charge in [-0.3, -0.25) is 4.79 Å². The Morgan fingerprint density at radius 1 is 1.19 bits per heavy atom. The number of hydrogen-bond donors (Lipinski definition) is 2. The maximum atomic E-state index is 12.1. The average molecular weight is 377 g/mol. The second-order valence-corrected chi connectivity index (χ2v) is 6.24. The molecule has 0 spiro atoms. The smallest absolute Gasteiger partial charge is 0.409 e. The molecule has 1 saturated heterocycles. The summed E-state index contributed by atoms with van der Waals surface area (Å²) in [6, 6.07) is 7.07.